The molecule has 0 spiro atoms. The van der Waals surface area contributed by atoms with Crippen LogP contribution in [-0.4, -0.2) is 10.2 Å². The van der Waals surface area contributed by atoms with Crippen molar-refractivity contribution in [1.29, 1.82) is 0 Å². The Hall–Kier alpha value is -0.620. The lowest BCUT2D eigenvalue weighted by Crippen LogP contribution is -1.96. The highest BCUT2D eigenvalue weighted by atomic mass is 127. The van der Waals surface area contributed by atoms with Crippen LogP contribution in [0, 0.1) is 3.57 Å². The molecule has 0 amide bonds. The maximum atomic E-state index is 5.54. The molecule has 0 aliphatic carbocycles. The quantitative estimate of drug-likeness (QED) is 0.776. The van der Waals surface area contributed by atoms with Crippen LogP contribution in [0.15, 0.2) is 18.2 Å². The molecule has 0 bridgehead atoms. The van der Waals surface area contributed by atoms with Gasteiger partial charge in [-0.3, -0.25) is 5.10 Å². The van der Waals surface area contributed by atoms with Crippen LogP contribution in [0.2, 0.25) is 0 Å². The van der Waals surface area contributed by atoms with Gasteiger partial charge in [0.15, 0.2) is 0 Å². The van der Waals surface area contributed by atoms with E-state index < -0.39 is 0 Å². The maximum Gasteiger partial charge on any atom is 0.106 e. The fourth-order valence-corrected chi connectivity index (χ4v) is 1.83. The number of hydrogen-bond acceptors (Lipinski definition) is 2. The smallest absolute Gasteiger partial charge is 0.106 e. The molecule has 2 rings (SSSR count). The van der Waals surface area contributed by atoms with E-state index in [1.54, 1.807) is 0 Å². The van der Waals surface area contributed by atoms with Crippen LogP contribution < -0.4 is 5.73 Å². The van der Waals surface area contributed by atoms with E-state index in [4.69, 9.17) is 5.73 Å². The Morgan fingerprint density at radius 1 is 1.50 bits per heavy atom. The van der Waals surface area contributed by atoms with Gasteiger partial charge in [-0.2, -0.15) is 5.10 Å². The summed E-state index contributed by atoms with van der Waals surface area (Å²) in [6, 6.07) is 6.08. The van der Waals surface area contributed by atoms with Crippen molar-refractivity contribution in [3.8, 4) is 0 Å². The van der Waals surface area contributed by atoms with Gasteiger partial charge in [-0.25, -0.2) is 0 Å². The number of halogens is 1. The first-order chi connectivity index (χ1) is 5.83. The second-order valence-electron chi connectivity index (χ2n) is 2.54. The number of rotatable bonds is 1. The van der Waals surface area contributed by atoms with Crippen LogP contribution in [0.3, 0.4) is 0 Å². The minimum atomic E-state index is 0.511. The second kappa shape index (κ2) is 3.02. The summed E-state index contributed by atoms with van der Waals surface area (Å²) in [4.78, 5) is 0. The summed E-state index contributed by atoms with van der Waals surface area (Å²) in [7, 11) is 0. The Morgan fingerprint density at radius 3 is 3.08 bits per heavy atom. The number of benzene rings is 1. The molecule has 12 heavy (non-hydrogen) atoms. The lowest BCUT2D eigenvalue weighted by Gasteiger charge is -1.92. The van der Waals surface area contributed by atoms with Crippen LogP contribution in [0.1, 0.15) is 5.69 Å². The largest absolute Gasteiger partial charge is 0.325 e. The molecule has 1 aromatic carbocycles. The van der Waals surface area contributed by atoms with Crippen LogP contribution >= 0.6 is 22.6 Å². The fourth-order valence-electron chi connectivity index (χ4n) is 1.21. The molecule has 4 heteroatoms. The Morgan fingerprint density at radius 2 is 2.33 bits per heavy atom. The molecule has 3 N–H and O–H groups in total. The van der Waals surface area contributed by atoms with Gasteiger partial charge in [-0.1, -0.05) is 12.1 Å². The lowest BCUT2D eigenvalue weighted by atomic mass is 10.2. The fraction of sp³-hybridized carbons (Fsp3) is 0.125. The minimum absolute atomic E-state index is 0.511. The van der Waals surface area contributed by atoms with Gasteiger partial charge in [0.25, 0.3) is 0 Å². The highest BCUT2D eigenvalue weighted by Gasteiger charge is 2.04. The first-order valence-electron chi connectivity index (χ1n) is 3.64. The van der Waals surface area contributed by atoms with E-state index in [9.17, 15) is 0 Å². The number of para-hydroxylation sites is 1. The summed E-state index contributed by atoms with van der Waals surface area (Å²) < 4.78 is 1.15. The van der Waals surface area contributed by atoms with E-state index in [0.29, 0.717) is 6.54 Å². The van der Waals surface area contributed by atoms with Gasteiger partial charge in [-0.15, -0.1) is 0 Å². The van der Waals surface area contributed by atoms with Crippen LogP contribution in [0.5, 0.6) is 0 Å². The molecule has 2 aromatic rings. The summed E-state index contributed by atoms with van der Waals surface area (Å²) in [6.07, 6.45) is 0. The van der Waals surface area contributed by atoms with E-state index in [1.807, 2.05) is 18.2 Å². The molecular formula is C8H8IN3. The summed E-state index contributed by atoms with van der Waals surface area (Å²) in [5, 5.41) is 8.23. The van der Waals surface area contributed by atoms with Crippen molar-refractivity contribution in [1.82, 2.24) is 10.2 Å². The molecule has 0 atom stereocenters. The molecule has 1 aromatic heterocycles. The van der Waals surface area contributed by atoms with Crippen LogP contribution in [0.25, 0.3) is 10.9 Å². The molecule has 62 valence electrons. The van der Waals surface area contributed by atoms with Crippen molar-refractivity contribution in [2.24, 2.45) is 5.73 Å². The molecule has 0 radical (unpaired) electrons. The predicted octanol–water partition coefficient (Wildman–Crippen LogP) is 1.63. The number of nitrogens with one attached hydrogen (secondary N) is 1. The lowest BCUT2D eigenvalue weighted by molar-refractivity contribution is 0.958. The normalized spacial score (nSPS) is 10.8. The van der Waals surface area contributed by atoms with Crippen molar-refractivity contribution in [2.75, 3.05) is 0 Å². The van der Waals surface area contributed by atoms with E-state index in [-0.39, 0.29) is 0 Å². The van der Waals surface area contributed by atoms with Gasteiger partial charge >= 0.3 is 0 Å². The van der Waals surface area contributed by atoms with Gasteiger partial charge in [0.1, 0.15) is 5.52 Å². The molecule has 0 saturated carbocycles. The van der Waals surface area contributed by atoms with E-state index in [1.165, 1.54) is 0 Å². The molecule has 3 nitrogen and oxygen atoms in total. The predicted molar refractivity (Wildman–Crippen MR) is 56.7 cm³/mol. The Labute approximate surface area is 83.5 Å². The number of H-pyrrole nitrogens is 1. The van der Waals surface area contributed by atoms with Crippen LogP contribution in [-0.2, 0) is 6.54 Å². The van der Waals surface area contributed by atoms with Gasteiger partial charge in [0.05, 0.1) is 5.69 Å². The van der Waals surface area contributed by atoms with Crippen LogP contribution in [0.4, 0.5) is 0 Å². The number of fused-ring (bicyclic) bond motifs is 1. The molecule has 0 unspecified atom stereocenters. The Kier molecular flexibility index (Phi) is 2.02. The zero-order chi connectivity index (χ0) is 8.55. The summed E-state index contributed by atoms with van der Waals surface area (Å²) in [5.74, 6) is 0. The van der Waals surface area contributed by atoms with Gasteiger partial charge in [-0.05, 0) is 28.7 Å². The third kappa shape index (κ3) is 1.11. The Bertz CT molecular complexity index is 408. The van der Waals surface area contributed by atoms with Gasteiger partial charge in [0.2, 0.25) is 0 Å². The maximum absolute atomic E-state index is 5.54. The number of nitrogens with two attached hydrogens (primary N) is 1. The zero-order valence-corrected chi connectivity index (χ0v) is 8.50. The summed E-state index contributed by atoms with van der Waals surface area (Å²) in [6.45, 7) is 0.511. The number of hydrogen-bond donors (Lipinski definition) is 2. The van der Waals surface area contributed by atoms with Crippen molar-refractivity contribution in [3.05, 3.63) is 27.5 Å². The standard InChI is InChI=1S/C8H8IN3/c9-6-3-1-2-5-7(4-10)11-12-8(5)6/h1-3H,4,10H2,(H,11,12). The minimum Gasteiger partial charge on any atom is -0.325 e. The van der Waals surface area contributed by atoms with Crippen molar-refractivity contribution in [2.45, 2.75) is 6.54 Å². The average Bonchev–Trinajstić information content (AvgIpc) is 2.49. The zero-order valence-electron chi connectivity index (χ0n) is 6.34. The van der Waals surface area contributed by atoms with Crippen molar-refractivity contribution < 1.29 is 0 Å². The number of aromatic nitrogens is 2. The molecule has 0 fully saturated rings. The molecule has 0 aliphatic heterocycles. The number of nitrogens with zero attached hydrogens (tertiary/aromatic N) is 1. The third-order valence-corrected chi connectivity index (χ3v) is 2.69. The SMILES string of the molecule is NCc1[nH]nc2c(I)cccc12. The van der Waals surface area contributed by atoms with Gasteiger partial charge in [0, 0.05) is 15.5 Å². The van der Waals surface area contributed by atoms with Crippen molar-refractivity contribution in [3.63, 3.8) is 0 Å². The van der Waals surface area contributed by atoms with E-state index >= 15 is 0 Å². The summed E-state index contributed by atoms with van der Waals surface area (Å²) in [5.41, 5.74) is 7.55. The third-order valence-electron chi connectivity index (χ3n) is 1.82. The second-order valence-corrected chi connectivity index (χ2v) is 3.70. The summed E-state index contributed by atoms with van der Waals surface area (Å²) >= 11 is 2.26. The van der Waals surface area contributed by atoms with Crippen molar-refractivity contribution >= 4 is 33.5 Å². The molecular weight excluding hydrogens is 265 g/mol. The molecule has 0 aliphatic rings. The monoisotopic (exact) mass is 273 g/mol. The average molecular weight is 273 g/mol. The Balaban J connectivity index is 2.80. The topological polar surface area (TPSA) is 54.7 Å². The highest BCUT2D eigenvalue weighted by Crippen LogP contribution is 2.20. The van der Waals surface area contributed by atoms with Gasteiger partial charge < -0.3 is 5.73 Å². The first kappa shape index (κ1) is 8.00. The van der Waals surface area contributed by atoms with E-state index in [2.05, 4.69) is 32.8 Å². The number of aromatic amines is 1. The molecule has 1 heterocycles. The highest BCUT2D eigenvalue weighted by molar-refractivity contribution is 14.1. The molecule has 0 saturated heterocycles. The first-order valence-corrected chi connectivity index (χ1v) is 4.72. The van der Waals surface area contributed by atoms with E-state index in [0.717, 1.165) is 20.2 Å².